The number of nitrogens with zero attached hydrogens (tertiary/aromatic N) is 3. The van der Waals surface area contributed by atoms with Crippen molar-refractivity contribution in [1.29, 1.82) is 0 Å². The lowest BCUT2D eigenvalue weighted by molar-refractivity contribution is 0.524. The van der Waals surface area contributed by atoms with Gasteiger partial charge in [-0.1, -0.05) is 6.07 Å². The molecule has 0 aliphatic heterocycles. The molecule has 0 saturated carbocycles. The van der Waals surface area contributed by atoms with E-state index in [9.17, 15) is 0 Å². The second-order valence-electron chi connectivity index (χ2n) is 5.76. The summed E-state index contributed by atoms with van der Waals surface area (Å²) in [6, 6.07) is 11.2. The highest BCUT2D eigenvalue weighted by molar-refractivity contribution is 5.81. The Morgan fingerprint density at radius 2 is 2.00 bits per heavy atom. The van der Waals surface area contributed by atoms with Crippen molar-refractivity contribution < 1.29 is 0 Å². The van der Waals surface area contributed by atoms with Crippen molar-refractivity contribution in [3.8, 4) is 0 Å². The van der Waals surface area contributed by atoms with Gasteiger partial charge in [-0.05, 0) is 62.0 Å². The van der Waals surface area contributed by atoms with Gasteiger partial charge in [0.2, 0.25) is 0 Å². The molecule has 110 valence electrons. The van der Waals surface area contributed by atoms with E-state index in [0.29, 0.717) is 12.6 Å². The second-order valence-corrected chi connectivity index (χ2v) is 5.76. The van der Waals surface area contributed by atoms with Gasteiger partial charge in [-0.15, -0.1) is 0 Å². The number of hydrogen-bond acceptors (Lipinski definition) is 2. The third-order valence-corrected chi connectivity index (χ3v) is 3.79. The van der Waals surface area contributed by atoms with Crippen LogP contribution in [0.15, 0.2) is 42.7 Å². The maximum atomic E-state index is 5.62. The van der Waals surface area contributed by atoms with Gasteiger partial charge in [-0.2, -0.15) is 5.10 Å². The zero-order valence-electron chi connectivity index (χ0n) is 12.7. The van der Waals surface area contributed by atoms with Crippen molar-refractivity contribution in [3.05, 3.63) is 54.0 Å². The van der Waals surface area contributed by atoms with Crippen LogP contribution in [0.4, 0.5) is 0 Å². The first-order valence-corrected chi connectivity index (χ1v) is 7.49. The largest absolute Gasteiger partial charge is 0.341 e. The minimum Gasteiger partial charge on any atom is -0.341 e. The van der Waals surface area contributed by atoms with E-state index in [2.05, 4.69) is 60.0 Å². The summed E-state index contributed by atoms with van der Waals surface area (Å²) >= 11 is 0. The molecule has 3 rings (SSSR count). The summed E-state index contributed by atoms with van der Waals surface area (Å²) in [5.41, 5.74) is 9.26. The summed E-state index contributed by atoms with van der Waals surface area (Å²) in [6.07, 6.45) is 5.11. The average molecular weight is 282 g/mol. The maximum Gasteiger partial charge on any atom is 0.0821 e. The molecule has 21 heavy (non-hydrogen) atoms. The smallest absolute Gasteiger partial charge is 0.0821 e. The molecule has 3 aromatic rings. The summed E-state index contributed by atoms with van der Waals surface area (Å²) < 4.78 is 4.24. The van der Waals surface area contributed by atoms with Crippen molar-refractivity contribution in [3.63, 3.8) is 0 Å². The van der Waals surface area contributed by atoms with Crippen molar-refractivity contribution in [2.75, 3.05) is 6.54 Å². The van der Waals surface area contributed by atoms with Crippen LogP contribution in [0.2, 0.25) is 0 Å². The van der Waals surface area contributed by atoms with Crippen molar-refractivity contribution in [2.24, 2.45) is 5.73 Å². The fourth-order valence-corrected chi connectivity index (χ4v) is 2.63. The second kappa shape index (κ2) is 5.74. The molecule has 0 aliphatic rings. The van der Waals surface area contributed by atoms with Gasteiger partial charge in [-0.25, -0.2) is 0 Å². The summed E-state index contributed by atoms with van der Waals surface area (Å²) in [5, 5.41) is 5.89. The first kappa shape index (κ1) is 13.9. The highest BCUT2D eigenvalue weighted by Crippen LogP contribution is 2.19. The number of rotatable bonds is 5. The predicted octanol–water partition coefficient (Wildman–Crippen LogP) is 2.97. The lowest BCUT2D eigenvalue weighted by Crippen LogP contribution is -2.04. The number of aromatic nitrogens is 3. The van der Waals surface area contributed by atoms with Crippen LogP contribution in [0.1, 0.15) is 31.1 Å². The Morgan fingerprint density at radius 1 is 1.14 bits per heavy atom. The SMILES string of the molecule is CC(C)n1ccc(Cn2ccc3cc(CCN)ccc32)n1. The number of nitrogens with two attached hydrogens (primary N) is 1. The number of hydrogen-bond donors (Lipinski definition) is 1. The summed E-state index contributed by atoms with van der Waals surface area (Å²) in [5.74, 6) is 0. The molecular weight excluding hydrogens is 260 g/mol. The van der Waals surface area contributed by atoms with Gasteiger partial charge >= 0.3 is 0 Å². The minimum absolute atomic E-state index is 0.402. The molecular formula is C17H22N4. The van der Waals surface area contributed by atoms with E-state index in [4.69, 9.17) is 5.73 Å². The van der Waals surface area contributed by atoms with Crippen molar-refractivity contribution in [2.45, 2.75) is 32.9 Å². The summed E-state index contributed by atoms with van der Waals surface area (Å²) in [4.78, 5) is 0. The van der Waals surface area contributed by atoms with Gasteiger partial charge in [0.1, 0.15) is 0 Å². The van der Waals surface area contributed by atoms with Crippen LogP contribution in [0.25, 0.3) is 10.9 Å². The van der Waals surface area contributed by atoms with Crippen LogP contribution in [0.5, 0.6) is 0 Å². The first-order valence-electron chi connectivity index (χ1n) is 7.49. The minimum atomic E-state index is 0.402. The Morgan fingerprint density at radius 3 is 2.71 bits per heavy atom. The Kier molecular flexibility index (Phi) is 3.80. The fourth-order valence-electron chi connectivity index (χ4n) is 2.63. The average Bonchev–Trinajstić information content (AvgIpc) is 3.07. The van der Waals surface area contributed by atoms with Crippen LogP contribution in [0.3, 0.4) is 0 Å². The van der Waals surface area contributed by atoms with E-state index in [1.165, 1.54) is 16.5 Å². The lowest BCUT2D eigenvalue weighted by Gasteiger charge is -2.06. The molecule has 2 N–H and O–H groups in total. The highest BCUT2D eigenvalue weighted by Gasteiger charge is 2.06. The molecule has 0 fully saturated rings. The molecule has 4 heteroatoms. The normalized spacial score (nSPS) is 11.6. The monoisotopic (exact) mass is 282 g/mol. The van der Waals surface area contributed by atoms with Crippen LogP contribution in [0, 0.1) is 0 Å². The summed E-state index contributed by atoms with van der Waals surface area (Å²) in [7, 11) is 0. The van der Waals surface area contributed by atoms with E-state index >= 15 is 0 Å². The number of fused-ring (bicyclic) bond motifs is 1. The van der Waals surface area contributed by atoms with Gasteiger partial charge in [0.25, 0.3) is 0 Å². The topological polar surface area (TPSA) is 48.8 Å². The van der Waals surface area contributed by atoms with E-state index < -0.39 is 0 Å². The highest BCUT2D eigenvalue weighted by atomic mass is 15.3. The molecule has 0 saturated heterocycles. The molecule has 0 amide bonds. The first-order chi connectivity index (χ1) is 10.2. The third kappa shape index (κ3) is 2.85. The van der Waals surface area contributed by atoms with Crippen LogP contribution < -0.4 is 5.73 Å². The third-order valence-electron chi connectivity index (χ3n) is 3.79. The molecule has 0 aliphatic carbocycles. The molecule has 1 aromatic carbocycles. The maximum absolute atomic E-state index is 5.62. The van der Waals surface area contributed by atoms with E-state index in [0.717, 1.165) is 18.7 Å². The van der Waals surface area contributed by atoms with E-state index in [-0.39, 0.29) is 0 Å². The van der Waals surface area contributed by atoms with Crippen molar-refractivity contribution in [1.82, 2.24) is 14.3 Å². The number of benzene rings is 1. The van der Waals surface area contributed by atoms with Gasteiger partial charge in [0.05, 0.1) is 12.2 Å². The Hall–Kier alpha value is -2.07. The van der Waals surface area contributed by atoms with Crippen LogP contribution in [-0.4, -0.2) is 20.9 Å². The summed E-state index contributed by atoms with van der Waals surface area (Å²) in [6.45, 7) is 5.78. The van der Waals surface area contributed by atoms with Crippen LogP contribution >= 0.6 is 0 Å². The zero-order valence-corrected chi connectivity index (χ0v) is 12.7. The molecule has 2 heterocycles. The van der Waals surface area contributed by atoms with Gasteiger partial charge in [0, 0.05) is 24.0 Å². The van der Waals surface area contributed by atoms with Gasteiger partial charge in [-0.3, -0.25) is 4.68 Å². The van der Waals surface area contributed by atoms with Crippen LogP contribution in [-0.2, 0) is 13.0 Å². The molecule has 0 radical (unpaired) electrons. The quantitative estimate of drug-likeness (QED) is 0.782. The lowest BCUT2D eigenvalue weighted by atomic mass is 10.1. The Balaban J connectivity index is 1.86. The predicted molar refractivity (Wildman–Crippen MR) is 86.4 cm³/mol. The Bertz CT molecular complexity index is 736. The van der Waals surface area contributed by atoms with Gasteiger partial charge < -0.3 is 10.3 Å². The molecule has 0 bridgehead atoms. The molecule has 4 nitrogen and oxygen atoms in total. The standard InChI is InChI=1S/C17H22N4/c1-13(2)21-10-7-16(19-21)12-20-9-6-15-11-14(5-8-18)3-4-17(15)20/h3-4,6-7,9-11,13H,5,8,12,18H2,1-2H3. The molecule has 0 atom stereocenters. The zero-order chi connectivity index (χ0) is 14.8. The van der Waals surface area contributed by atoms with Crippen molar-refractivity contribution >= 4 is 10.9 Å². The molecule has 0 spiro atoms. The fraction of sp³-hybridized carbons (Fsp3) is 0.353. The van der Waals surface area contributed by atoms with Gasteiger partial charge in [0.15, 0.2) is 0 Å². The molecule has 2 aromatic heterocycles. The Labute approximate surface area is 125 Å². The molecule has 0 unspecified atom stereocenters. The van der Waals surface area contributed by atoms with E-state index in [1.54, 1.807) is 0 Å². The van der Waals surface area contributed by atoms with E-state index in [1.807, 2.05) is 10.9 Å².